The molecule has 1 aliphatic heterocycles. The maximum Gasteiger partial charge on any atom is 0.261 e. The predicted molar refractivity (Wildman–Crippen MR) is 176 cm³/mol. The normalized spacial score (nSPS) is 13.5. The van der Waals surface area contributed by atoms with E-state index in [0.717, 1.165) is 38.2 Å². The Kier molecular flexibility index (Phi) is 7.59. The fourth-order valence-electron chi connectivity index (χ4n) is 5.70. The van der Waals surface area contributed by atoms with E-state index in [-0.39, 0.29) is 25.0 Å². The molecule has 0 fully saturated rings. The summed E-state index contributed by atoms with van der Waals surface area (Å²) in [6, 6.07) is 26.9. The second-order valence-corrected chi connectivity index (χ2v) is 11.6. The molecule has 11 nitrogen and oxygen atoms in total. The molecule has 0 bridgehead atoms. The Bertz CT molecular complexity index is 2070. The van der Waals surface area contributed by atoms with Crippen LogP contribution in [-0.4, -0.2) is 65.6 Å². The van der Waals surface area contributed by atoms with Crippen LogP contribution in [0.5, 0.6) is 0 Å². The number of imide groups is 1. The van der Waals surface area contributed by atoms with Gasteiger partial charge in [-0.2, -0.15) is 19.6 Å². The number of hydrogen-bond donors (Lipinski definition) is 3. The highest BCUT2D eigenvalue weighted by Gasteiger charge is 2.36. The molecule has 0 saturated carbocycles. The summed E-state index contributed by atoms with van der Waals surface area (Å²) in [5, 5.41) is 23.0. The van der Waals surface area contributed by atoms with Gasteiger partial charge in [-0.3, -0.25) is 14.5 Å². The van der Waals surface area contributed by atoms with Crippen LogP contribution < -0.4 is 10.6 Å². The highest BCUT2D eigenvalue weighted by atomic mass is 16.3. The van der Waals surface area contributed by atoms with Crippen LogP contribution in [0.25, 0.3) is 27.8 Å². The van der Waals surface area contributed by atoms with Crippen LogP contribution in [0.1, 0.15) is 51.6 Å². The Labute approximate surface area is 265 Å². The van der Waals surface area contributed by atoms with Gasteiger partial charge in [0.1, 0.15) is 0 Å². The molecule has 0 radical (unpaired) electrons. The zero-order valence-electron chi connectivity index (χ0n) is 25.4. The average molecular weight is 613 g/mol. The van der Waals surface area contributed by atoms with E-state index < -0.39 is 17.9 Å². The first-order valence-corrected chi connectivity index (χ1v) is 15.2. The molecule has 6 aromatic rings. The van der Waals surface area contributed by atoms with Crippen molar-refractivity contribution in [1.82, 2.24) is 29.5 Å². The Morgan fingerprint density at radius 3 is 2.24 bits per heavy atom. The second kappa shape index (κ2) is 12.0. The quantitative estimate of drug-likeness (QED) is 0.180. The Hall–Kier alpha value is -5.68. The molecule has 1 aliphatic rings. The van der Waals surface area contributed by atoms with Crippen LogP contribution in [0.4, 0.5) is 11.9 Å². The van der Waals surface area contributed by atoms with E-state index in [0.29, 0.717) is 29.3 Å². The van der Waals surface area contributed by atoms with Crippen LogP contribution in [-0.2, 0) is 6.54 Å². The van der Waals surface area contributed by atoms with Gasteiger partial charge >= 0.3 is 0 Å². The van der Waals surface area contributed by atoms with Crippen LogP contribution >= 0.6 is 0 Å². The van der Waals surface area contributed by atoms with Gasteiger partial charge in [-0.1, -0.05) is 74.5 Å². The number of para-hydroxylation sites is 1. The van der Waals surface area contributed by atoms with Crippen molar-refractivity contribution in [3.05, 3.63) is 113 Å². The number of fused-ring (bicyclic) bond motifs is 3. The minimum atomic E-state index is -1.05. The summed E-state index contributed by atoms with van der Waals surface area (Å²) >= 11 is 0. The topological polar surface area (TPSA) is 138 Å². The first kappa shape index (κ1) is 29.1. The molecule has 3 N–H and O–H groups in total. The number of anilines is 2. The average Bonchev–Trinajstić information content (AvgIpc) is 3.62. The molecule has 3 aromatic carbocycles. The van der Waals surface area contributed by atoms with E-state index in [1.165, 1.54) is 0 Å². The zero-order valence-corrected chi connectivity index (χ0v) is 25.4. The third kappa shape index (κ3) is 5.41. The number of aliphatic hydroxyl groups excluding tert-OH is 1. The number of carbonyl (C=O) groups excluding carboxylic acids is 2. The van der Waals surface area contributed by atoms with Crippen LogP contribution in [0.15, 0.2) is 91.1 Å². The monoisotopic (exact) mass is 612 g/mol. The van der Waals surface area contributed by atoms with E-state index in [4.69, 9.17) is 15.0 Å². The highest BCUT2D eigenvalue weighted by Crippen LogP contribution is 2.27. The van der Waals surface area contributed by atoms with Gasteiger partial charge in [-0.05, 0) is 35.7 Å². The number of nitrogens with zero attached hydrogens (tertiary/aromatic N) is 6. The third-order valence-electron chi connectivity index (χ3n) is 8.11. The van der Waals surface area contributed by atoms with Crippen LogP contribution in [0, 0.1) is 0 Å². The summed E-state index contributed by atoms with van der Waals surface area (Å²) in [7, 11) is 0. The number of aliphatic hydroxyl groups is 1. The van der Waals surface area contributed by atoms with E-state index >= 15 is 0 Å². The number of carbonyl (C=O) groups is 2. The van der Waals surface area contributed by atoms with E-state index in [9.17, 15) is 14.7 Å². The first-order chi connectivity index (χ1) is 22.4. The number of β-amino-alcohol motifs (C(OH)–C–C–N with tert-alkyl or cyclic N) is 1. The number of hydrogen-bond acceptors (Lipinski definition) is 9. The van der Waals surface area contributed by atoms with Crippen molar-refractivity contribution in [2.75, 3.05) is 23.7 Å². The van der Waals surface area contributed by atoms with Gasteiger partial charge in [0.25, 0.3) is 11.8 Å². The molecule has 1 atom stereocenters. The molecule has 0 aliphatic carbocycles. The summed E-state index contributed by atoms with van der Waals surface area (Å²) in [5.74, 6) is 0.0821. The number of rotatable bonds is 10. The second-order valence-electron chi connectivity index (χ2n) is 11.6. The Morgan fingerprint density at radius 2 is 1.48 bits per heavy atom. The number of pyridine rings is 1. The molecule has 0 saturated heterocycles. The van der Waals surface area contributed by atoms with E-state index in [2.05, 4.69) is 47.8 Å². The predicted octanol–water partition coefficient (Wildman–Crippen LogP) is 5.14. The van der Waals surface area contributed by atoms with Crippen LogP contribution in [0.3, 0.4) is 0 Å². The lowest BCUT2D eigenvalue weighted by Crippen LogP contribution is -2.39. The van der Waals surface area contributed by atoms with Gasteiger partial charge in [0.2, 0.25) is 11.9 Å². The molecular formula is C35H32N8O3. The summed E-state index contributed by atoms with van der Waals surface area (Å²) in [6.07, 6.45) is 0.738. The molecule has 11 heteroatoms. The van der Waals surface area contributed by atoms with Crippen molar-refractivity contribution in [2.24, 2.45) is 0 Å². The van der Waals surface area contributed by atoms with Crippen molar-refractivity contribution in [2.45, 2.75) is 32.4 Å². The number of aromatic nitrogens is 5. The molecule has 0 unspecified atom stereocenters. The van der Waals surface area contributed by atoms with Crippen molar-refractivity contribution in [1.29, 1.82) is 0 Å². The highest BCUT2D eigenvalue weighted by molar-refractivity contribution is 6.21. The molecule has 7 rings (SSSR count). The molecule has 0 spiro atoms. The summed E-state index contributed by atoms with van der Waals surface area (Å²) in [4.78, 5) is 40.9. The molecule has 46 heavy (non-hydrogen) atoms. The van der Waals surface area contributed by atoms with Crippen molar-refractivity contribution < 1.29 is 14.7 Å². The van der Waals surface area contributed by atoms with Crippen molar-refractivity contribution in [3.63, 3.8) is 0 Å². The lowest BCUT2D eigenvalue weighted by molar-refractivity contribution is 0.0557. The molecule has 2 amide bonds. The fraction of sp³-hybridized carbons (Fsp3) is 0.200. The number of nitrogens with one attached hydrogen (secondary N) is 2. The molecule has 230 valence electrons. The van der Waals surface area contributed by atoms with E-state index in [1.807, 2.05) is 42.5 Å². The number of amides is 2. The van der Waals surface area contributed by atoms with Gasteiger partial charge in [0.05, 0.1) is 41.2 Å². The van der Waals surface area contributed by atoms with Gasteiger partial charge < -0.3 is 15.7 Å². The van der Waals surface area contributed by atoms with E-state index in [1.54, 1.807) is 35.0 Å². The first-order valence-electron chi connectivity index (χ1n) is 15.2. The molecule has 3 aromatic heterocycles. The Morgan fingerprint density at radius 1 is 0.783 bits per heavy atom. The van der Waals surface area contributed by atoms with Gasteiger partial charge in [0.15, 0.2) is 5.65 Å². The Balaban J connectivity index is 1.11. The van der Waals surface area contributed by atoms with Crippen LogP contribution in [0.2, 0.25) is 0 Å². The minimum Gasteiger partial charge on any atom is -0.389 e. The van der Waals surface area contributed by atoms with Gasteiger partial charge in [0, 0.05) is 29.6 Å². The maximum absolute atomic E-state index is 12.8. The summed E-state index contributed by atoms with van der Waals surface area (Å²) < 4.78 is 1.67. The van der Waals surface area contributed by atoms with Gasteiger partial charge in [-0.15, -0.1) is 0 Å². The fourth-order valence-corrected chi connectivity index (χ4v) is 5.70. The SMILES string of the molecule is CC(C)c1cnn2c(NCc3ccccc3-c3ccc4ccccc4n3)nc(NC[C@H](O)CN3C(=O)c4ccccc4C3=O)nc12. The third-order valence-corrected chi connectivity index (χ3v) is 8.11. The van der Waals surface area contributed by atoms with Crippen molar-refractivity contribution >= 4 is 40.3 Å². The maximum atomic E-state index is 12.8. The number of benzene rings is 3. The zero-order chi connectivity index (χ0) is 31.8. The summed E-state index contributed by atoms with van der Waals surface area (Å²) in [5.41, 5.74) is 6.10. The largest absolute Gasteiger partial charge is 0.389 e. The standard InChI is InChI=1S/C35H32N8O3/c1-21(2)28-19-38-43-31(28)40-34(36-18-24(44)20-42-32(45)26-12-6-7-13-27(26)33(42)46)41-35(43)37-17-23-10-3-5-11-25(23)30-16-15-22-9-4-8-14-29(22)39-30/h3-16,19,21,24,44H,17-18,20H2,1-2H3,(H2,36,37,40,41)/t24-/m0/s1. The summed E-state index contributed by atoms with van der Waals surface area (Å²) in [6.45, 7) is 4.44. The molecule has 4 heterocycles. The smallest absolute Gasteiger partial charge is 0.261 e. The lowest BCUT2D eigenvalue weighted by Gasteiger charge is -2.19. The molecular weight excluding hydrogens is 580 g/mol. The van der Waals surface area contributed by atoms with Gasteiger partial charge in [-0.25, -0.2) is 4.98 Å². The minimum absolute atomic E-state index is 0.0185. The lowest BCUT2D eigenvalue weighted by atomic mass is 10.0. The van der Waals surface area contributed by atoms with Crippen molar-refractivity contribution in [3.8, 4) is 11.3 Å².